The molecule has 0 aromatic heterocycles. The van der Waals surface area contributed by atoms with Gasteiger partial charge in [-0.05, 0) is 73.1 Å². The molecule has 4 atom stereocenters. The maximum Gasteiger partial charge on any atom is 0.139 e. The van der Waals surface area contributed by atoms with Crippen molar-refractivity contribution in [2.45, 2.75) is 51.4 Å². The van der Waals surface area contributed by atoms with Crippen molar-refractivity contribution in [3.05, 3.63) is 28.3 Å². The summed E-state index contributed by atoms with van der Waals surface area (Å²) in [5.74, 6) is 2.37. The number of carbonyl (C=O) groups is 1. The van der Waals surface area contributed by atoms with Crippen LogP contribution in [0, 0.1) is 17.3 Å². The molecule has 4 rings (SSSR count). The molecule has 0 bridgehead atoms. The third kappa shape index (κ3) is 1.81. The van der Waals surface area contributed by atoms with Crippen molar-refractivity contribution < 1.29 is 9.90 Å². The van der Waals surface area contributed by atoms with Crippen LogP contribution in [0.5, 0.6) is 5.75 Å². The van der Waals surface area contributed by atoms with Gasteiger partial charge in [-0.25, -0.2) is 0 Å². The van der Waals surface area contributed by atoms with Gasteiger partial charge in [0.1, 0.15) is 11.5 Å². The van der Waals surface area contributed by atoms with Crippen molar-refractivity contribution in [1.82, 2.24) is 0 Å². The van der Waals surface area contributed by atoms with E-state index in [0.717, 1.165) is 38.5 Å². The first-order valence-electron chi connectivity index (χ1n) is 8.05. The highest BCUT2D eigenvalue weighted by molar-refractivity contribution is 6.32. The first kappa shape index (κ1) is 13.6. The second-order valence-electron chi connectivity index (χ2n) is 7.34. The van der Waals surface area contributed by atoms with Crippen molar-refractivity contribution >= 4 is 17.4 Å². The second kappa shape index (κ2) is 4.49. The van der Waals surface area contributed by atoms with Crippen molar-refractivity contribution in [2.75, 3.05) is 0 Å². The highest BCUT2D eigenvalue weighted by Gasteiger charge is 2.54. The Morgan fingerprint density at radius 1 is 1.24 bits per heavy atom. The number of ketones is 1. The molecule has 0 amide bonds. The lowest BCUT2D eigenvalue weighted by molar-refractivity contribution is -0.129. The predicted molar refractivity (Wildman–Crippen MR) is 82.7 cm³/mol. The number of aromatic hydroxyl groups is 1. The van der Waals surface area contributed by atoms with Crippen LogP contribution in [0.2, 0.25) is 5.02 Å². The van der Waals surface area contributed by atoms with Gasteiger partial charge in [-0.2, -0.15) is 0 Å². The van der Waals surface area contributed by atoms with Gasteiger partial charge in [-0.3, -0.25) is 4.79 Å². The number of aryl methyl sites for hydroxylation is 1. The molecule has 112 valence electrons. The molecule has 0 heterocycles. The van der Waals surface area contributed by atoms with E-state index in [1.807, 2.05) is 12.1 Å². The number of halogens is 1. The highest BCUT2D eigenvalue weighted by atomic mass is 35.5. The second-order valence-corrected chi connectivity index (χ2v) is 7.74. The number of hydrogen-bond donors (Lipinski definition) is 1. The lowest BCUT2D eigenvalue weighted by atomic mass is 9.55. The fraction of sp³-hybridized carbons (Fsp3) is 0.611. The maximum absolute atomic E-state index is 12.3. The van der Waals surface area contributed by atoms with Crippen LogP contribution in [-0.4, -0.2) is 10.9 Å². The molecule has 0 spiro atoms. The van der Waals surface area contributed by atoms with Gasteiger partial charge in [0.25, 0.3) is 0 Å². The number of rotatable bonds is 0. The Bertz CT molecular complexity index is 624. The molecular weight excluding hydrogens is 284 g/mol. The minimum Gasteiger partial charge on any atom is -0.506 e. The van der Waals surface area contributed by atoms with E-state index in [2.05, 4.69) is 6.92 Å². The Labute approximate surface area is 130 Å². The molecule has 1 aromatic carbocycles. The molecule has 1 aromatic rings. The third-order valence-corrected chi connectivity index (χ3v) is 6.80. The largest absolute Gasteiger partial charge is 0.506 e. The Balaban J connectivity index is 1.75. The highest BCUT2D eigenvalue weighted by Crippen LogP contribution is 2.59. The van der Waals surface area contributed by atoms with Crippen LogP contribution in [0.25, 0.3) is 0 Å². The number of phenols is 1. The molecule has 3 heteroatoms. The quantitative estimate of drug-likeness (QED) is 0.768. The third-order valence-electron chi connectivity index (χ3n) is 6.50. The number of benzene rings is 1. The van der Waals surface area contributed by atoms with E-state index < -0.39 is 0 Å². The topological polar surface area (TPSA) is 37.3 Å². The first-order valence-corrected chi connectivity index (χ1v) is 8.43. The lowest BCUT2D eigenvalue weighted by Crippen LogP contribution is -2.42. The van der Waals surface area contributed by atoms with E-state index >= 15 is 0 Å². The monoisotopic (exact) mass is 304 g/mol. The molecule has 0 radical (unpaired) electrons. The maximum atomic E-state index is 12.3. The van der Waals surface area contributed by atoms with Crippen LogP contribution >= 0.6 is 11.6 Å². The summed E-state index contributed by atoms with van der Waals surface area (Å²) in [7, 11) is 0. The summed E-state index contributed by atoms with van der Waals surface area (Å²) in [5.41, 5.74) is 2.51. The summed E-state index contributed by atoms with van der Waals surface area (Å²) < 4.78 is 0. The van der Waals surface area contributed by atoms with Crippen LogP contribution in [-0.2, 0) is 11.2 Å². The number of hydrogen-bond acceptors (Lipinski definition) is 2. The van der Waals surface area contributed by atoms with E-state index in [1.54, 1.807) is 0 Å². The fourth-order valence-corrected chi connectivity index (χ4v) is 5.52. The summed E-state index contributed by atoms with van der Waals surface area (Å²) in [6, 6.07) is 3.82. The van der Waals surface area contributed by atoms with Gasteiger partial charge >= 0.3 is 0 Å². The smallest absolute Gasteiger partial charge is 0.139 e. The summed E-state index contributed by atoms with van der Waals surface area (Å²) >= 11 is 6.13. The predicted octanol–water partition coefficient (Wildman–Crippen LogP) is 4.47. The molecule has 2 fully saturated rings. The minimum absolute atomic E-state index is 0.0701. The number of fused-ring (bicyclic) bond motifs is 5. The zero-order valence-electron chi connectivity index (χ0n) is 12.4. The van der Waals surface area contributed by atoms with Gasteiger partial charge in [-0.1, -0.05) is 18.5 Å². The molecular formula is C18H21ClO2. The number of Topliss-reactive ketones (excluding diaryl/α,β-unsaturated/α-hetero) is 1. The molecule has 0 unspecified atom stereocenters. The van der Waals surface area contributed by atoms with Gasteiger partial charge in [0.05, 0.1) is 5.02 Å². The summed E-state index contributed by atoms with van der Waals surface area (Å²) in [4.78, 5) is 12.3. The summed E-state index contributed by atoms with van der Waals surface area (Å²) in [6.07, 6.45) is 6.08. The SMILES string of the molecule is C[C@]12CC[C@@H]3c4cc(Cl)c(O)cc4CC[C@H]3[C@@H]1CCC2=O. The Hall–Kier alpha value is -1.02. The van der Waals surface area contributed by atoms with Gasteiger partial charge in [0.15, 0.2) is 0 Å². The number of phenolic OH excluding ortho intramolecular Hbond substituents is 1. The van der Waals surface area contributed by atoms with E-state index in [-0.39, 0.29) is 11.2 Å². The lowest BCUT2D eigenvalue weighted by Gasteiger charge is -2.48. The van der Waals surface area contributed by atoms with Crippen molar-refractivity contribution in [3.8, 4) is 5.75 Å². The summed E-state index contributed by atoms with van der Waals surface area (Å²) in [6.45, 7) is 2.20. The van der Waals surface area contributed by atoms with Crippen LogP contribution in [0.4, 0.5) is 0 Å². The first-order chi connectivity index (χ1) is 10.0. The van der Waals surface area contributed by atoms with Gasteiger partial charge < -0.3 is 5.11 Å². The Morgan fingerprint density at radius 3 is 2.86 bits per heavy atom. The molecule has 0 aliphatic heterocycles. The molecule has 0 saturated heterocycles. The summed E-state index contributed by atoms with van der Waals surface area (Å²) in [5, 5.41) is 10.3. The average molecular weight is 305 g/mol. The molecule has 21 heavy (non-hydrogen) atoms. The van der Waals surface area contributed by atoms with Gasteiger partial charge in [-0.15, -0.1) is 0 Å². The molecule has 3 aliphatic carbocycles. The average Bonchev–Trinajstić information content (AvgIpc) is 2.76. The zero-order valence-corrected chi connectivity index (χ0v) is 13.1. The van der Waals surface area contributed by atoms with Crippen molar-refractivity contribution in [3.63, 3.8) is 0 Å². The van der Waals surface area contributed by atoms with Gasteiger partial charge in [0.2, 0.25) is 0 Å². The molecule has 1 N–H and O–H groups in total. The molecule has 2 nitrogen and oxygen atoms in total. The fourth-order valence-electron chi connectivity index (χ4n) is 5.35. The van der Waals surface area contributed by atoms with Crippen molar-refractivity contribution in [2.24, 2.45) is 17.3 Å². The van der Waals surface area contributed by atoms with Crippen LogP contribution < -0.4 is 0 Å². The van der Waals surface area contributed by atoms with Crippen LogP contribution in [0.15, 0.2) is 12.1 Å². The van der Waals surface area contributed by atoms with Crippen molar-refractivity contribution in [1.29, 1.82) is 0 Å². The zero-order chi connectivity index (χ0) is 14.8. The number of carbonyl (C=O) groups excluding carboxylic acids is 1. The van der Waals surface area contributed by atoms with E-state index in [0.29, 0.717) is 28.6 Å². The van der Waals surface area contributed by atoms with E-state index in [4.69, 9.17) is 11.6 Å². The molecule has 2 saturated carbocycles. The standard InChI is InChI=1S/C18H21ClO2/c1-18-7-6-11-12(14(18)4-5-17(18)21)3-2-10-8-16(20)15(19)9-13(10)11/h8-9,11-12,14,20H,2-7H2,1H3/t11-,12+,14-,18-/m0/s1. The molecule has 3 aliphatic rings. The Kier molecular flexibility index (Phi) is 2.91. The van der Waals surface area contributed by atoms with Crippen LogP contribution in [0.3, 0.4) is 0 Å². The normalized spacial score (nSPS) is 37.8. The van der Waals surface area contributed by atoms with E-state index in [1.165, 1.54) is 11.1 Å². The van der Waals surface area contributed by atoms with E-state index in [9.17, 15) is 9.90 Å². The van der Waals surface area contributed by atoms with Gasteiger partial charge in [0, 0.05) is 11.8 Å². The van der Waals surface area contributed by atoms with Crippen LogP contribution in [0.1, 0.15) is 56.1 Å². The Morgan fingerprint density at radius 2 is 2.05 bits per heavy atom. The minimum atomic E-state index is -0.0701.